The number of carboxylic acids is 1. The van der Waals surface area contributed by atoms with Crippen molar-refractivity contribution in [1.82, 2.24) is 5.32 Å². The lowest BCUT2D eigenvalue weighted by atomic mass is 10.0. The average Bonchev–Trinajstić information content (AvgIpc) is 2.74. The van der Waals surface area contributed by atoms with Crippen LogP contribution >= 0.6 is 15.9 Å². The molecule has 0 amide bonds. The highest BCUT2D eigenvalue weighted by Crippen LogP contribution is 2.36. The van der Waals surface area contributed by atoms with Gasteiger partial charge in [0.25, 0.3) is 0 Å². The third kappa shape index (κ3) is 2.05. The van der Waals surface area contributed by atoms with Gasteiger partial charge in [0.05, 0.1) is 10.0 Å². The zero-order chi connectivity index (χ0) is 11.7. The first-order chi connectivity index (χ1) is 7.59. The first-order valence-corrected chi connectivity index (χ1v) is 5.88. The number of carbonyl (C=O) groups is 1. The SMILES string of the molecule is O=C(O)c1cc(Br)c(O)c([C@H]2CCCN2)c1. The third-order valence-corrected chi connectivity index (χ3v) is 3.38. The summed E-state index contributed by atoms with van der Waals surface area (Å²) in [7, 11) is 0. The number of halogens is 1. The van der Waals surface area contributed by atoms with E-state index in [1.807, 2.05) is 0 Å². The lowest BCUT2D eigenvalue weighted by molar-refractivity contribution is 0.0696. The second kappa shape index (κ2) is 4.43. The van der Waals surface area contributed by atoms with E-state index in [0.29, 0.717) is 10.0 Å². The molecule has 16 heavy (non-hydrogen) atoms. The Hall–Kier alpha value is -1.07. The summed E-state index contributed by atoms with van der Waals surface area (Å²) in [6, 6.07) is 3.00. The van der Waals surface area contributed by atoms with Crippen molar-refractivity contribution in [2.75, 3.05) is 6.54 Å². The molecule has 1 aliphatic rings. The smallest absolute Gasteiger partial charge is 0.335 e. The minimum atomic E-state index is -0.986. The van der Waals surface area contributed by atoms with Crippen LogP contribution in [-0.2, 0) is 0 Å². The molecule has 0 aliphatic carbocycles. The second-order valence-electron chi connectivity index (χ2n) is 3.85. The second-order valence-corrected chi connectivity index (χ2v) is 4.70. The predicted octanol–water partition coefficient (Wildman–Crippen LogP) is 2.28. The molecule has 4 nitrogen and oxygen atoms in total. The van der Waals surface area contributed by atoms with Crippen molar-refractivity contribution >= 4 is 21.9 Å². The van der Waals surface area contributed by atoms with Gasteiger partial charge >= 0.3 is 5.97 Å². The molecule has 86 valence electrons. The number of rotatable bonds is 2. The van der Waals surface area contributed by atoms with E-state index in [2.05, 4.69) is 21.2 Å². The fourth-order valence-corrected chi connectivity index (χ4v) is 2.43. The first-order valence-electron chi connectivity index (χ1n) is 5.08. The van der Waals surface area contributed by atoms with Gasteiger partial charge < -0.3 is 15.5 Å². The standard InChI is InChI=1S/C11H12BrNO3/c12-8-5-6(11(15)16)4-7(10(8)14)9-2-1-3-13-9/h4-5,9,13-14H,1-3H2,(H,15,16)/t9-/m1/s1. The van der Waals surface area contributed by atoms with Gasteiger partial charge in [0.15, 0.2) is 0 Å². The van der Waals surface area contributed by atoms with Gasteiger partial charge in [0, 0.05) is 11.6 Å². The molecule has 0 saturated carbocycles. The number of nitrogens with one attached hydrogen (secondary N) is 1. The van der Waals surface area contributed by atoms with E-state index in [9.17, 15) is 9.90 Å². The molecule has 1 saturated heterocycles. The van der Waals surface area contributed by atoms with Gasteiger partial charge in [-0.15, -0.1) is 0 Å². The number of benzene rings is 1. The molecule has 3 N–H and O–H groups in total. The van der Waals surface area contributed by atoms with Gasteiger partial charge in [-0.3, -0.25) is 0 Å². The van der Waals surface area contributed by atoms with Gasteiger partial charge in [-0.25, -0.2) is 4.79 Å². The van der Waals surface area contributed by atoms with Crippen LogP contribution in [0.3, 0.4) is 0 Å². The summed E-state index contributed by atoms with van der Waals surface area (Å²) in [5.74, 6) is -0.857. The van der Waals surface area contributed by atoms with Crippen molar-refractivity contribution in [3.8, 4) is 5.75 Å². The van der Waals surface area contributed by atoms with E-state index in [0.717, 1.165) is 19.4 Å². The van der Waals surface area contributed by atoms with E-state index >= 15 is 0 Å². The Morgan fingerprint density at radius 3 is 2.81 bits per heavy atom. The van der Waals surface area contributed by atoms with Crippen molar-refractivity contribution < 1.29 is 15.0 Å². The van der Waals surface area contributed by atoms with Crippen LogP contribution in [-0.4, -0.2) is 22.7 Å². The molecule has 1 aromatic rings. The predicted molar refractivity (Wildman–Crippen MR) is 62.7 cm³/mol. The molecule has 1 aliphatic heterocycles. The number of hydrogen-bond donors (Lipinski definition) is 3. The van der Waals surface area contributed by atoms with Crippen molar-refractivity contribution in [3.05, 3.63) is 27.7 Å². The summed E-state index contributed by atoms with van der Waals surface area (Å²) in [4.78, 5) is 10.9. The number of aromatic hydroxyl groups is 1. The molecule has 5 heteroatoms. The number of hydrogen-bond acceptors (Lipinski definition) is 3. The Kier molecular flexibility index (Phi) is 3.16. The lowest BCUT2D eigenvalue weighted by Crippen LogP contribution is -2.14. The van der Waals surface area contributed by atoms with Crippen LogP contribution in [0.25, 0.3) is 0 Å². The van der Waals surface area contributed by atoms with Crippen molar-refractivity contribution in [3.63, 3.8) is 0 Å². The zero-order valence-electron chi connectivity index (χ0n) is 8.53. The van der Waals surface area contributed by atoms with Gasteiger partial charge in [-0.1, -0.05) is 0 Å². The number of phenolic OH excluding ortho intramolecular Hbond substituents is 1. The number of phenols is 1. The molecule has 0 spiro atoms. The maximum atomic E-state index is 10.9. The van der Waals surface area contributed by atoms with Crippen LogP contribution in [0.2, 0.25) is 0 Å². The molecule has 0 bridgehead atoms. The minimum absolute atomic E-state index is 0.0515. The molecule has 2 rings (SSSR count). The van der Waals surface area contributed by atoms with Crippen LogP contribution in [0.4, 0.5) is 0 Å². The maximum Gasteiger partial charge on any atom is 0.335 e. The summed E-state index contributed by atoms with van der Waals surface area (Å²) in [5.41, 5.74) is 0.845. The van der Waals surface area contributed by atoms with Crippen LogP contribution in [0.1, 0.15) is 34.8 Å². The number of carboxylic acid groups (broad SMARTS) is 1. The summed E-state index contributed by atoms with van der Waals surface area (Å²) >= 11 is 3.17. The molecule has 1 heterocycles. The molecule has 1 atom stereocenters. The lowest BCUT2D eigenvalue weighted by Gasteiger charge is -2.14. The Morgan fingerprint density at radius 1 is 1.50 bits per heavy atom. The summed E-state index contributed by atoms with van der Waals surface area (Å²) in [5, 5.41) is 22.1. The average molecular weight is 286 g/mol. The first kappa shape index (κ1) is 11.4. The molecule has 0 radical (unpaired) electrons. The Bertz CT molecular complexity index is 427. The molecule has 0 aromatic heterocycles. The van der Waals surface area contributed by atoms with Crippen LogP contribution in [0.5, 0.6) is 5.75 Å². The van der Waals surface area contributed by atoms with Crippen molar-refractivity contribution in [2.24, 2.45) is 0 Å². The molecule has 0 unspecified atom stereocenters. The van der Waals surface area contributed by atoms with Gasteiger partial charge in [-0.05, 0) is 47.4 Å². The van der Waals surface area contributed by atoms with Gasteiger partial charge in [0.1, 0.15) is 5.75 Å². The minimum Gasteiger partial charge on any atom is -0.506 e. The molecule has 1 fully saturated rings. The summed E-state index contributed by atoms with van der Waals surface area (Å²) in [6.07, 6.45) is 1.96. The van der Waals surface area contributed by atoms with Crippen LogP contribution in [0, 0.1) is 0 Å². The molecule has 1 aromatic carbocycles. The summed E-state index contributed by atoms with van der Waals surface area (Å²) < 4.78 is 0.427. The Labute approximate surface area is 101 Å². The van der Waals surface area contributed by atoms with E-state index in [-0.39, 0.29) is 17.4 Å². The van der Waals surface area contributed by atoms with Crippen LogP contribution in [0.15, 0.2) is 16.6 Å². The zero-order valence-corrected chi connectivity index (χ0v) is 10.1. The van der Waals surface area contributed by atoms with Gasteiger partial charge in [0.2, 0.25) is 0 Å². The highest BCUT2D eigenvalue weighted by molar-refractivity contribution is 9.10. The van der Waals surface area contributed by atoms with E-state index in [1.54, 1.807) is 0 Å². The van der Waals surface area contributed by atoms with Crippen LogP contribution < -0.4 is 5.32 Å². The van der Waals surface area contributed by atoms with Crippen molar-refractivity contribution in [2.45, 2.75) is 18.9 Å². The van der Waals surface area contributed by atoms with Gasteiger partial charge in [-0.2, -0.15) is 0 Å². The van der Waals surface area contributed by atoms with E-state index < -0.39 is 5.97 Å². The molecular weight excluding hydrogens is 274 g/mol. The number of aromatic carboxylic acids is 1. The largest absolute Gasteiger partial charge is 0.506 e. The third-order valence-electron chi connectivity index (χ3n) is 2.78. The van der Waals surface area contributed by atoms with E-state index in [1.165, 1.54) is 12.1 Å². The summed E-state index contributed by atoms with van der Waals surface area (Å²) in [6.45, 7) is 0.902. The highest BCUT2D eigenvalue weighted by Gasteiger charge is 2.22. The molecular formula is C11H12BrNO3. The Balaban J connectivity index is 2.45. The fourth-order valence-electron chi connectivity index (χ4n) is 1.96. The maximum absolute atomic E-state index is 10.9. The Morgan fingerprint density at radius 2 is 2.25 bits per heavy atom. The fraction of sp³-hybridized carbons (Fsp3) is 0.364. The highest BCUT2D eigenvalue weighted by atomic mass is 79.9. The van der Waals surface area contributed by atoms with E-state index in [4.69, 9.17) is 5.11 Å². The topological polar surface area (TPSA) is 69.6 Å². The monoisotopic (exact) mass is 285 g/mol. The normalized spacial score (nSPS) is 19.9. The quantitative estimate of drug-likeness (QED) is 0.780. The van der Waals surface area contributed by atoms with Crippen molar-refractivity contribution in [1.29, 1.82) is 0 Å².